The minimum Gasteiger partial charge on any atom is -0.484 e. The third-order valence-corrected chi connectivity index (χ3v) is 4.02. The maximum Gasteiger partial charge on any atom is 0.258 e. The number of hydrogen-bond donors (Lipinski definition) is 2. The van der Waals surface area contributed by atoms with Gasteiger partial charge in [0.2, 0.25) is 0 Å². The Bertz CT molecular complexity index is 475. The molecule has 0 heterocycles. The quantitative estimate of drug-likeness (QED) is 0.811. The fourth-order valence-electron chi connectivity index (χ4n) is 2.28. The summed E-state index contributed by atoms with van der Waals surface area (Å²) in [6, 6.07) is 7.78. The van der Waals surface area contributed by atoms with E-state index < -0.39 is 5.60 Å². The van der Waals surface area contributed by atoms with Gasteiger partial charge in [0.1, 0.15) is 5.75 Å². The summed E-state index contributed by atoms with van der Waals surface area (Å²) in [6.45, 7) is 6.30. The van der Waals surface area contributed by atoms with Gasteiger partial charge in [0.05, 0.1) is 5.60 Å². The molecular formula is C17H25NO3. The van der Waals surface area contributed by atoms with Crippen molar-refractivity contribution in [2.45, 2.75) is 45.1 Å². The van der Waals surface area contributed by atoms with Crippen LogP contribution in [-0.2, 0) is 4.79 Å². The Morgan fingerprint density at radius 1 is 1.38 bits per heavy atom. The van der Waals surface area contributed by atoms with E-state index in [1.165, 1.54) is 5.56 Å². The van der Waals surface area contributed by atoms with Crippen LogP contribution in [0.5, 0.6) is 5.75 Å². The monoisotopic (exact) mass is 291 g/mol. The summed E-state index contributed by atoms with van der Waals surface area (Å²) < 4.78 is 5.45. The molecular weight excluding hydrogens is 266 g/mol. The molecule has 1 unspecified atom stereocenters. The zero-order valence-corrected chi connectivity index (χ0v) is 13.1. The number of benzene rings is 1. The molecule has 2 N–H and O–H groups in total. The van der Waals surface area contributed by atoms with Crippen LogP contribution < -0.4 is 10.1 Å². The van der Waals surface area contributed by atoms with Crippen molar-refractivity contribution < 1.29 is 14.6 Å². The van der Waals surface area contributed by atoms with Crippen LogP contribution in [0, 0.1) is 5.92 Å². The molecule has 0 spiro atoms. The molecule has 21 heavy (non-hydrogen) atoms. The summed E-state index contributed by atoms with van der Waals surface area (Å²) in [4.78, 5) is 11.7. The smallest absolute Gasteiger partial charge is 0.258 e. The first-order chi connectivity index (χ1) is 9.88. The first-order valence-corrected chi connectivity index (χ1v) is 7.60. The van der Waals surface area contributed by atoms with Crippen LogP contribution in [0.3, 0.4) is 0 Å². The van der Waals surface area contributed by atoms with Gasteiger partial charge in [-0.05, 0) is 49.3 Å². The van der Waals surface area contributed by atoms with Gasteiger partial charge in [-0.1, -0.05) is 26.0 Å². The lowest BCUT2D eigenvalue weighted by Gasteiger charge is -2.23. The van der Waals surface area contributed by atoms with E-state index in [-0.39, 0.29) is 19.1 Å². The van der Waals surface area contributed by atoms with Gasteiger partial charge >= 0.3 is 0 Å². The van der Waals surface area contributed by atoms with Crippen LogP contribution in [0.15, 0.2) is 24.3 Å². The largest absolute Gasteiger partial charge is 0.484 e. The standard InChI is InChI=1S/C17H25NO3/c1-12(2)13-4-8-15(9-5-13)21-10-16(19)18-11-17(3,20)14-6-7-14/h4-5,8-9,12,14,20H,6-7,10-11H2,1-3H3,(H,18,19). The Kier molecular flexibility index (Phi) is 4.88. The zero-order valence-electron chi connectivity index (χ0n) is 13.1. The van der Waals surface area contributed by atoms with E-state index >= 15 is 0 Å². The summed E-state index contributed by atoms with van der Waals surface area (Å²) in [5, 5.41) is 12.8. The second-order valence-corrected chi connectivity index (χ2v) is 6.42. The van der Waals surface area contributed by atoms with E-state index in [0.717, 1.165) is 12.8 Å². The summed E-state index contributed by atoms with van der Waals surface area (Å²) >= 11 is 0. The Balaban J connectivity index is 1.73. The van der Waals surface area contributed by atoms with Crippen molar-refractivity contribution in [3.63, 3.8) is 0 Å². The molecule has 0 aromatic heterocycles. The highest BCUT2D eigenvalue weighted by atomic mass is 16.5. The topological polar surface area (TPSA) is 58.6 Å². The predicted molar refractivity (Wildman–Crippen MR) is 82.4 cm³/mol. The maximum atomic E-state index is 11.7. The summed E-state index contributed by atoms with van der Waals surface area (Å²) in [5.74, 6) is 1.28. The third-order valence-electron chi connectivity index (χ3n) is 4.02. The molecule has 4 heteroatoms. The molecule has 0 saturated heterocycles. The van der Waals surface area contributed by atoms with E-state index in [1.807, 2.05) is 24.3 Å². The molecule has 1 amide bonds. The minimum atomic E-state index is -0.797. The highest BCUT2D eigenvalue weighted by Crippen LogP contribution is 2.38. The fraction of sp³-hybridized carbons (Fsp3) is 0.588. The lowest BCUT2D eigenvalue weighted by atomic mass is 10.0. The van der Waals surface area contributed by atoms with E-state index in [2.05, 4.69) is 19.2 Å². The molecule has 1 saturated carbocycles. The molecule has 4 nitrogen and oxygen atoms in total. The normalized spacial score (nSPS) is 17.4. The van der Waals surface area contributed by atoms with Gasteiger partial charge in [-0.3, -0.25) is 4.79 Å². The van der Waals surface area contributed by atoms with Crippen molar-refractivity contribution in [1.29, 1.82) is 0 Å². The number of aliphatic hydroxyl groups is 1. The van der Waals surface area contributed by atoms with Gasteiger partial charge < -0.3 is 15.2 Å². The highest BCUT2D eigenvalue weighted by molar-refractivity contribution is 5.77. The molecule has 2 rings (SSSR count). The van der Waals surface area contributed by atoms with Gasteiger partial charge in [-0.2, -0.15) is 0 Å². The van der Waals surface area contributed by atoms with E-state index in [9.17, 15) is 9.90 Å². The van der Waals surface area contributed by atoms with Crippen LogP contribution >= 0.6 is 0 Å². The van der Waals surface area contributed by atoms with Gasteiger partial charge in [0, 0.05) is 6.54 Å². The first kappa shape index (κ1) is 15.8. The number of rotatable bonds is 7. The van der Waals surface area contributed by atoms with Gasteiger partial charge in [-0.25, -0.2) is 0 Å². The minimum absolute atomic E-state index is 0.0260. The summed E-state index contributed by atoms with van der Waals surface area (Å²) in [6.07, 6.45) is 2.09. The van der Waals surface area contributed by atoms with E-state index in [4.69, 9.17) is 4.74 Å². The first-order valence-electron chi connectivity index (χ1n) is 7.60. The predicted octanol–water partition coefficient (Wildman–Crippen LogP) is 2.47. The van der Waals surface area contributed by atoms with Crippen molar-refractivity contribution in [2.75, 3.05) is 13.2 Å². The van der Waals surface area contributed by atoms with Crippen LogP contribution in [0.4, 0.5) is 0 Å². The van der Waals surface area contributed by atoms with Crippen molar-refractivity contribution in [1.82, 2.24) is 5.32 Å². The van der Waals surface area contributed by atoms with Gasteiger partial charge in [0.25, 0.3) is 5.91 Å². The molecule has 1 atom stereocenters. The SMILES string of the molecule is CC(C)c1ccc(OCC(=O)NCC(C)(O)C2CC2)cc1. The van der Waals surface area contributed by atoms with E-state index in [0.29, 0.717) is 17.6 Å². The number of amides is 1. The molecule has 1 aromatic rings. The van der Waals surface area contributed by atoms with Gasteiger partial charge in [0.15, 0.2) is 6.61 Å². The number of nitrogens with one attached hydrogen (secondary N) is 1. The molecule has 1 aromatic carbocycles. The molecule has 1 aliphatic carbocycles. The maximum absolute atomic E-state index is 11.7. The number of carbonyl (C=O) groups excluding carboxylic acids is 1. The fourth-order valence-corrected chi connectivity index (χ4v) is 2.28. The van der Waals surface area contributed by atoms with Crippen molar-refractivity contribution in [3.05, 3.63) is 29.8 Å². The molecule has 116 valence electrons. The zero-order chi connectivity index (χ0) is 15.5. The molecule has 0 radical (unpaired) electrons. The van der Waals surface area contributed by atoms with E-state index in [1.54, 1.807) is 6.92 Å². The molecule has 1 fully saturated rings. The number of hydrogen-bond acceptors (Lipinski definition) is 3. The Morgan fingerprint density at radius 3 is 2.52 bits per heavy atom. The van der Waals surface area contributed by atoms with Crippen LogP contribution in [0.25, 0.3) is 0 Å². The Morgan fingerprint density at radius 2 is 2.00 bits per heavy atom. The Labute approximate surface area is 126 Å². The third kappa shape index (κ3) is 4.74. The Hall–Kier alpha value is -1.55. The molecule has 1 aliphatic rings. The average molecular weight is 291 g/mol. The second kappa shape index (κ2) is 6.48. The second-order valence-electron chi connectivity index (χ2n) is 6.42. The van der Waals surface area contributed by atoms with Crippen molar-refractivity contribution in [2.24, 2.45) is 5.92 Å². The van der Waals surface area contributed by atoms with Crippen molar-refractivity contribution >= 4 is 5.91 Å². The van der Waals surface area contributed by atoms with Crippen LogP contribution in [0.1, 0.15) is 45.1 Å². The molecule has 0 aliphatic heterocycles. The van der Waals surface area contributed by atoms with Crippen LogP contribution in [-0.4, -0.2) is 29.8 Å². The lowest BCUT2D eigenvalue weighted by molar-refractivity contribution is -0.124. The molecule has 0 bridgehead atoms. The number of ether oxygens (including phenoxy) is 1. The average Bonchev–Trinajstić information content (AvgIpc) is 3.28. The van der Waals surface area contributed by atoms with Crippen molar-refractivity contribution in [3.8, 4) is 5.75 Å². The summed E-state index contributed by atoms with van der Waals surface area (Å²) in [5.41, 5.74) is 0.446. The summed E-state index contributed by atoms with van der Waals surface area (Å²) in [7, 11) is 0. The lowest BCUT2D eigenvalue weighted by Crippen LogP contribution is -2.43. The van der Waals surface area contributed by atoms with Gasteiger partial charge in [-0.15, -0.1) is 0 Å². The van der Waals surface area contributed by atoms with Crippen LogP contribution in [0.2, 0.25) is 0 Å². The number of carbonyl (C=O) groups is 1. The highest BCUT2D eigenvalue weighted by Gasteiger charge is 2.39.